The summed E-state index contributed by atoms with van der Waals surface area (Å²) in [5.41, 5.74) is 2.08. The maximum Gasteiger partial charge on any atom is 0.407 e. The molecule has 1 amide bonds. The number of carbonyl (C=O) groups excluding carboxylic acids is 1. The molecule has 1 atom stereocenters. The number of hydrogen-bond acceptors (Lipinski definition) is 7. The van der Waals surface area contributed by atoms with Gasteiger partial charge >= 0.3 is 6.09 Å². The van der Waals surface area contributed by atoms with Crippen molar-refractivity contribution < 1.29 is 23.8 Å². The number of para-hydroxylation sites is 1. The third kappa shape index (κ3) is 7.97. The first kappa shape index (κ1) is 24.4. The van der Waals surface area contributed by atoms with E-state index in [0.717, 1.165) is 35.4 Å². The molecular weight excluding hydrogens is 422 g/mol. The highest BCUT2D eigenvalue weighted by atomic mass is 16.7. The van der Waals surface area contributed by atoms with Crippen LogP contribution in [0.15, 0.2) is 47.8 Å². The van der Waals surface area contributed by atoms with Gasteiger partial charge in [0.2, 0.25) is 5.88 Å². The zero-order chi connectivity index (χ0) is 23.7. The van der Waals surface area contributed by atoms with Gasteiger partial charge in [0.25, 0.3) is 0 Å². The molecule has 0 saturated carbocycles. The number of benzene rings is 1. The molecule has 1 aromatic carbocycles. The van der Waals surface area contributed by atoms with Gasteiger partial charge < -0.3 is 24.4 Å². The van der Waals surface area contributed by atoms with Crippen LogP contribution in [0, 0.1) is 0 Å². The normalized spacial score (nSPS) is 15.4. The fourth-order valence-corrected chi connectivity index (χ4v) is 3.13. The minimum atomic E-state index is -0.542. The van der Waals surface area contributed by atoms with Crippen molar-refractivity contribution >= 4 is 11.8 Å². The number of hydrogen-bond donors (Lipinski definition) is 1. The first-order chi connectivity index (χ1) is 15.8. The van der Waals surface area contributed by atoms with Crippen LogP contribution >= 0.6 is 0 Å². The first-order valence-corrected chi connectivity index (χ1v) is 11.3. The van der Waals surface area contributed by atoms with Crippen molar-refractivity contribution in [3.8, 4) is 22.8 Å². The quantitative estimate of drug-likeness (QED) is 0.508. The summed E-state index contributed by atoms with van der Waals surface area (Å²) in [6.45, 7) is 8.87. The van der Waals surface area contributed by atoms with E-state index < -0.39 is 11.7 Å². The molecule has 0 saturated heterocycles. The van der Waals surface area contributed by atoms with Crippen molar-refractivity contribution in [1.82, 2.24) is 10.3 Å². The fourth-order valence-electron chi connectivity index (χ4n) is 3.13. The number of oxime groups is 1. The summed E-state index contributed by atoms with van der Waals surface area (Å²) in [6.07, 6.45) is 3.75. The third-order valence-electron chi connectivity index (χ3n) is 4.74. The number of ether oxygens (including phenoxy) is 3. The Kier molecular flexibility index (Phi) is 8.52. The van der Waals surface area contributed by atoms with E-state index in [1.54, 1.807) is 6.20 Å². The number of amides is 1. The summed E-state index contributed by atoms with van der Waals surface area (Å²) in [4.78, 5) is 21.7. The Hall–Kier alpha value is -3.29. The summed E-state index contributed by atoms with van der Waals surface area (Å²) < 4.78 is 16.9. The molecule has 0 radical (unpaired) electrons. The number of rotatable bonds is 10. The van der Waals surface area contributed by atoms with Crippen molar-refractivity contribution in [1.29, 1.82) is 0 Å². The maximum atomic E-state index is 11.8. The van der Waals surface area contributed by atoms with Gasteiger partial charge in [0.15, 0.2) is 6.10 Å². The molecule has 0 aliphatic carbocycles. The predicted octanol–water partition coefficient (Wildman–Crippen LogP) is 4.98. The van der Waals surface area contributed by atoms with Crippen molar-refractivity contribution in [3.05, 3.63) is 42.6 Å². The Morgan fingerprint density at radius 1 is 1.18 bits per heavy atom. The molecule has 1 N–H and O–H groups in total. The minimum absolute atomic E-state index is 0.221. The van der Waals surface area contributed by atoms with Crippen LogP contribution in [0.3, 0.4) is 0 Å². The monoisotopic (exact) mass is 455 g/mol. The topological polar surface area (TPSA) is 91.3 Å². The van der Waals surface area contributed by atoms with Gasteiger partial charge in [0.1, 0.15) is 18.0 Å². The number of pyridine rings is 1. The molecule has 2 heterocycles. The second kappa shape index (κ2) is 11.5. The van der Waals surface area contributed by atoms with Crippen molar-refractivity contribution in [3.63, 3.8) is 0 Å². The van der Waals surface area contributed by atoms with Crippen molar-refractivity contribution in [2.45, 2.75) is 58.7 Å². The van der Waals surface area contributed by atoms with Gasteiger partial charge in [-0.2, -0.15) is 0 Å². The lowest BCUT2D eigenvalue weighted by molar-refractivity contribution is 0.0472. The van der Waals surface area contributed by atoms with E-state index in [1.165, 1.54) is 0 Å². The van der Waals surface area contributed by atoms with E-state index >= 15 is 0 Å². The SMILES string of the molecule is CCCCOc1ccc(-c2ccccc2OCC2CC(CNC(=O)OC(C)(C)C)=NO2)cn1. The average Bonchev–Trinajstić information content (AvgIpc) is 3.24. The van der Waals surface area contributed by atoms with Crippen LogP contribution in [-0.4, -0.2) is 48.3 Å². The summed E-state index contributed by atoms with van der Waals surface area (Å²) >= 11 is 0. The number of nitrogens with one attached hydrogen (secondary N) is 1. The number of carbonyl (C=O) groups is 1. The van der Waals surface area contributed by atoms with Crippen LogP contribution in [-0.2, 0) is 9.57 Å². The molecule has 178 valence electrons. The Morgan fingerprint density at radius 3 is 2.73 bits per heavy atom. The van der Waals surface area contributed by atoms with E-state index in [0.29, 0.717) is 25.5 Å². The third-order valence-corrected chi connectivity index (χ3v) is 4.74. The second-order valence-electron chi connectivity index (χ2n) is 8.84. The van der Waals surface area contributed by atoms with Gasteiger partial charge in [-0.05, 0) is 39.3 Å². The molecule has 0 fully saturated rings. The standard InChI is InChI=1S/C25H33N3O5/c1-5-6-13-30-23-12-11-18(15-26-23)21-9-7-8-10-22(21)31-17-20-14-19(28-33-20)16-27-24(29)32-25(2,3)4/h7-12,15,20H,5-6,13-14,16-17H2,1-4H3,(H,27,29). The number of unbranched alkanes of at least 4 members (excludes halogenated alkanes) is 1. The van der Waals surface area contributed by atoms with E-state index in [-0.39, 0.29) is 12.6 Å². The van der Waals surface area contributed by atoms with Crippen LogP contribution in [0.5, 0.6) is 11.6 Å². The first-order valence-electron chi connectivity index (χ1n) is 11.3. The molecule has 8 heteroatoms. The summed E-state index contributed by atoms with van der Waals surface area (Å²) in [7, 11) is 0. The van der Waals surface area contributed by atoms with Crippen LogP contribution in [0.25, 0.3) is 11.1 Å². The Bertz CT molecular complexity index is 938. The van der Waals surface area contributed by atoms with Crippen LogP contribution < -0.4 is 14.8 Å². The van der Waals surface area contributed by atoms with E-state index in [2.05, 4.69) is 22.4 Å². The van der Waals surface area contributed by atoms with Gasteiger partial charge in [-0.15, -0.1) is 0 Å². The largest absolute Gasteiger partial charge is 0.489 e. The van der Waals surface area contributed by atoms with E-state index in [9.17, 15) is 4.79 Å². The molecule has 8 nitrogen and oxygen atoms in total. The number of alkyl carbamates (subject to hydrolysis) is 1. The van der Waals surface area contributed by atoms with Crippen LogP contribution in [0.2, 0.25) is 0 Å². The average molecular weight is 456 g/mol. The van der Waals surface area contributed by atoms with Gasteiger partial charge in [-0.3, -0.25) is 0 Å². The highest BCUT2D eigenvalue weighted by molar-refractivity contribution is 5.89. The lowest BCUT2D eigenvalue weighted by Crippen LogP contribution is -2.35. The van der Waals surface area contributed by atoms with E-state index in [4.69, 9.17) is 19.0 Å². The van der Waals surface area contributed by atoms with Gasteiger partial charge in [0.05, 0.1) is 18.9 Å². The second-order valence-corrected chi connectivity index (χ2v) is 8.84. The molecular formula is C25H33N3O5. The molecule has 1 aliphatic rings. The summed E-state index contributed by atoms with van der Waals surface area (Å²) in [5.74, 6) is 1.36. The van der Waals surface area contributed by atoms with Gasteiger partial charge in [-0.25, -0.2) is 9.78 Å². The Morgan fingerprint density at radius 2 is 2.00 bits per heavy atom. The Balaban J connectivity index is 1.49. The highest BCUT2D eigenvalue weighted by Gasteiger charge is 2.23. The van der Waals surface area contributed by atoms with Crippen molar-refractivity contribution in [2.75, 3.05) is 19.8 Å². The van der Waals surface area contributed by atoms with Gasteiger partial charge in [0, 0.05) is 29.8 Å². The molecule has 0 spiro atoms. The van der Waals surface area contributed by atoms with Crippen molar-refractivity contribution in [2.24, 2.45) is 5.16 Å². The Labute approximate surface area is 195 Å². The molecule has 3 rings (SSSR count). The zero-order valence-corrected chi connectivity index (χ0v) is 19.8. The highest BCUT2D eigenvalue weighted by Crippen LogP contribution is 2.30. The van der Waals surface area contributed by atoms with Crippen LogP contribution in [0.1, 0.15) is 47.0 Å². The maximum absolute atomic E-state index is 11.8. The predicted molar refractivity (Wildman–Crippen MR) is 127 cm³/mol. The lowest BCUT2D eigenvalue weighted by Gasteiger charge is -2.19. The number of nitrogens with zero attached hydrogens (tertiary/aromatic N) is 2. The fraction of sp³-hybridized carbons (Fsp3) is 0.480. The number of aromatic nitrogens is 1. The molecule has 2 aromatic rings. The van der Waals surface area contributed by atoms with E-state index in [1.807, 2.05) is 57.2 Å². The molecule has 33 heavy (non-hydrogen) atoms. The summed E-state index contributed by atoms with van der Waals surface area (Å²) in [6, 6.07) is 11.7. The molecule has 1 unspecified atom stereocenters. The van der Waals surface area contributed by atoms with Crippen LogP contribution in [0.4, 0.5) is 4.79 Å². The smallest absolute Gasteiger partial charge is 0.407 e. The molecule has 1 aromatic heterocycles. The molecule has 0 bridgehead atoms. The molecule has 1 aliphatic heterocycles. The zero-order valence-electron chi connectivity index (χ0n) is 19.8. The van der Waals surface area contributed by atoms with Gasteiger partial charge in [-0.1, -0.05) is 36.7 Å². The lowest BCUT2D eigenvalue weighted by atomic mass is 10.1. The summed E-state index contributed by atoms with van der Waals surface area (Å²) in [5, 5.41) is 6.76. The minimum Gasteiger partial charge on any atom is -0.489 e.